The molecule has 0 unspecified atom stereocenters. The van der Waals surface area contributed by atoms with Gasteiger partial charge < -0.3 is 20.7 Å². The Morgan fingerprint density at radius 1 is 1.10 bits per heavy atom. The number of hydrogen-bond donors (Lipinski definition) is 4. The zero-order valence-corrected chi connectivity index (χ0v) is 19.8. The predicted octanol–water partition coefficient (Wildman–Crippen LogP) is 5.54. The van der Waals surface area contributed by atoms with Crippen molar-refractivity contribution in [3.8, 4) is 5.75 Å². The number of hydrogen-bond acceptors (Lipinski definition) is 4. The molecule has 0 fully saturated rings. The molecule has 0 spiro atoms. The van der Waals surface area contributed by atoms with E-state index in [-0.39, 0.29) is 28.0 Å². The molecule has 0 bridgehead atoms. The maximum atomic E-state index is 13.0. The number of anilines is 2. The van der Waals surface area contributed by atoms with E-state index in [0.29, 0.717) is 16.9 Å². The molecule has 2 aromatic heterocycles. The Morgan fingerprint density at radius 3 is 2.32 bits per heavy atom. The lowest BCUT2D eigenvalue weighted by Gasteiger charge is -2.34. The van der Waals surface area contributed by atoms with Gasteiger partial charge in [-0.15, -0.1) is 0 Å². The predicted molar refractivity (Wildman–Crippen MR) is 126 cm³/mol. The molecule has 0 saturated carbocycles. The lowest BCUT2D eigenvalue weighted by atomic mass is 9.81. The molecular formula is C24H35N5O2. The zero-order chi connectivity index (χ0) is 23.2. The Hall–Kier alpha value is -2.96. The third-order valence-electron chi connectivity index (χ3n) is 5.04. The first kappa shape index (κ1) is 22.7. The van der Waals surface area contributed by atoms with Crippen LogP contribution in [-0.2, 0) is 5.41 Å². The Labute approximate surface area is 184 Å². The average Bonchev–Trinajstić information content (AvgIpc) is 3.14. The highest BCUT2D eigenvalue weighted by Gasteiger charge is 2.32. The molecule has 0 aliphatic rings. The highest BCUT2D eigenvalue weighted by molar-refractivity contribution is 6.09. The largest absolute Gasteiger partial charge is 0.506 e. The first-order chi connectivity index (χ1) is 14.2. The van der Waals surface area contributed by atoms with Gasteiger partial charge in [0.15, 0.2) is 0 Å². The number of para-hydroxylation sites is 2. The summed E-state index contributed by atoms with van der Waals surface area (Å²) >= 11 is 0. The van der Waals surface area contributed by atoms with E-state index in [1.807, 2.05) is 0 Å². The Kier molecular flexibility index (Phi) is 5.59. The summed E-state index contributed by atoms with van der Waals surface area (Å²) in [6.07, 6.45) is 2.51. The minimum absolute atomic E-state index is 0.0208. The Morgan fingerprint density at radius 2 is 1.74 bits per heavy atom. The number of imidazole rings is 1. The number of rotatable bonds is 5. The second-order valence-corrected chi connectivity index (χ2v) is 11.1. The molecule has 7 heteroatoms. The lowest BCUT2D eigenvalue weighted by molar-refractivity contribution is 0.102. The van der Waals surface area contributed by atoms with Gasteiger partial charge in [-0.2, -0.15) is 9.61 Å². The normalized spacial score (nSPS) is 12.9. The molecule has 3 aromatic rings. The van der Waals surface area contributed by atoms with Crippen molar-refractivity contribution in [3.05, 3.63) is 41.7 Å². The number of phenolic OH excluding ortho intramolecular Hbond substituents is 1. The van der Waals surface area contributed by atoms with Gasteiger partial charge >= 0.3 is 0 Å². The fourth-order valence-electron chi connectivity index (χ4n) is 4.21. The van der Waals surface area contributed by atoms with E-state index in [1.54, 1.807) is 28.9 Å². The number of benzene rings is 1. The molecule has 7 nitrogen and oxygen atoms in total. The third kappa shape index (κ3) is 5.03. The van der Waals surface area contributed by atoms with Gasteiger partial charge in [0.25, 0.3) is 5.91 Å². The number of fused-ring (bicyclic) bond motifs is 1. The van der Waals surface area contributed by atoms with Crippen LogP contribution in [0.25, 0.3) is 5.65 Å². The Bertz CT molecular complexity index is 1090. The molecule has 0 radical (unpaired) electrons. The van der Waals surface area contributed by atoms with Crippen LogP contribution in [0.2, 0.25) is 0 Å². The molecule has 0 aliphatic carbocycles. The fourth-order valence-corrected chi connectivity index (χ4v) is 4.21. The monoisotopic (exact) mass is 425 g/mol. The number of aromatic amines is 1. The van der Waals surface area contributed by atoms with Gasteiger partial charge in [-0.1, -0.05) is 53.7 Å². The van der Waals surface area contributed by atoms with Crippen LogP contribution in [-0.4, -0.2) is 31.2 Å². The van der Waals surface area contributed by atoms with Gasteiger partial charge in [0.05, 0.1) is 17.6 Å². The summed E-state index contributed by atoms with van der Waals surface area (Å²) in [6.45, 7) is 17.4. The number of phenols is 1. The number of aromatic nitrogens is 3. The molecule has 3 rings (SSSR count). The minimum Gasteiger partial charge on any atom is -0.506 e. The molecule has 4 N–H and O–H groups in total. The van der Waals surface area contributed by atoms with Gasteiger partial charge in [-0.3, -0.25) is 4.79 Å². The Balaban J connectivity index is 2.03. The summed E-state index contributed by atoms with van der Waals surface area (Å²) in [5.74, 6) is 0.546. The maximum Gasteiger partial charge on any atom is 0.261 e. The van der Waals surface area contributed by atoms with Crippen LogP contribution in [0, 0.1) is 5.41 Å². The quantitative estimate of drug-likeness (QED) is 0.403. The van der Waals surface area contributed by atoms with Gasteiger partial charge in [0.2, 0.25) is 0 Å². The van der Waals surface area contributed by atoms with Crippen molar-refractivity contribution in [2.75, 3.05) is 10.6 Å². The van der Waals surface area contributed by atoms with Crippen molar-refractivity contribution in [1.29, 1.82) is 0 Å². The molecule has 2 heterocycles. The summed E-state index contributed by atoms with van der Waals surface area (Å²) in [5.41, 5.74) is 2.15. The molecule has 0 atom stereocenters. The first-order valence-corrected chi connectivity index (χ1v) is 10.7. The van der Waals surface area contributed by atoms with E-state index in [9.17, 15) is 9.90 Å². The van der Waals surface area contributed by atoms with Crippen molar-refractivity contribution < 1.29 is 9.90 Å². The molecule has 1 aromatic carbocycles. The summed E-state index contributed by atoms with van der Waals surface area (Å²) < 4.78 is 1.77. The topological polar surface area (TPSA) is 94.5 Å². The summed E-state index contributed by atoms with van der Waals surface area (Å²) in [7, 11) is 0. The maximum absolute atomic E-state index is 13.0. The smallest absolute Gasteiger partial charge is 0.261 e. The lowest BCUT2D eigenvalue weighted by Crippen LogP contribution is -2.36. The molecule has 0 aliphatic heterocycles. The van der Waals surface area contributed by atoms with Crippen LogP contribution < -0.4 is 10.6 Å². The highest BCUT2D eigenvalue weighted by atomic mass is 16.3. The molecule has 168 valence electrons. The van der Waals surface area contributed by atoms with E-state index in [2.05, 4.69) is 76.1 Å². The minimum atomic E-state index is -0.335. The second-order valence-electron chi connectivity index (χ2n) is 11.1. The molecule has 1 amide bonds. The van der Waals surface area contributed by atoms with Gasteiger partial charge in [-0.25, -0.2) is 0 Å². The van der Waals surface area contributed by atoms with Gasteiger partial charge in [0.1, 0.15) is 22.8 Å². The van der Waals surface area contributed by atoms with Crippen molar-refractivity contribution in [2.45, 2.75) is 72.8 Å². The van der Waals surface area contributed by atoms with E-state index >= 15 is 0 Å². The van der Waals surface area contributed by atoms with Crippen molar-refractivity contribution >= 4 is 23.1 Å². The number of nitrogens with zero attached hydrogens (tertiary/aromatic N) is 2. The van der Waals surface area contributed by atoms with Crippen LogP contribution in [0.1, 0.15) is 77.9 Å². The van der Waals surface area contributed by atoms with Gasteiger partial charge in [0, 0.05) is 11.0 Å². The number of nitrogens with one attached hydrogen (secondary N) is 3. The third-order valence-corrected chi connectivity index (χ3v) is 5.04. The standard InChI is InChI=1S/C24H35N5O2/c1-22(2,3)14-24(7,8)28-20-18(23(4,5)6)27-19-15(13-25-29(19)20)21(31)26-16-11-9-10-12-17(16)30/h9-13,27-28,30H,14H2,1-8H3,(H,26,31). The number of amides is 1. The number of carbonyl (C=O) groups is 1. The van der Waals surface area contributed by atoms with Crippen LogP contribution in [0.5, 0.6) is 5.75 Å². The number of aromatic hydroxyl groups is 1. The fraction of sp³-hybridized carbons (Fsp3) is 0.500. The molecule has 0 saturated heterocycles. The summed E-state index contributed by atoms with van der Waals surface area (Å²) in [5, 5.41) is 21.0. The van der Waals surface area contributed by atoms with Crippen LogP contribution in [0.4, 0.5) is 11.5 Å². The number of carbonyl (C=O) groups excluding carboxylic acids is 1. The SMILES string of the molecule is CC(C)(C)CC(C)(C)Nc1c(C(C)(C)C)[nH]c2c(C(=O)Nc3ccccc3O)cnn12. The van der Waals surface area contributed by atoms with Crippen molar-refractivity contribution in [3.63, 3.8) is 0 Å². The van der Waals surface area contributed by atoms with Crippen molar-refractivity contribution in [1.82, 2.24) is 14.6 Å². The molecular weight excluding hydrogens is 390 g/mol. The number of H-pyrrole nitrogens is 1. The molecule has 31 heavy (non-hydrogen) atoms. The van der Waals surface area contributed by atoms with E-state index in [0.717, 1.165) is 17.9 Å². The average molecular weight is 426 g/mol. The van der Waals surface area contributed by atoms with Gasteiger partial charge in [-0.05, 0) is 37.8 Å². The van der Waals surface area contributed by atoms with E-state index < -0.39 is 0 Å². The van der Waals surface area contributed by atoms with Crippen LogP contribution >= 0.6 is 0 Å². The summed E-state index contributed by atoms with van der Waals surface area (Å²) in [4.78, 5) is 16.4. The second kappa shape index (κ2) is 7.62. The van der Waals surface area contributed by atoms with Crippen LogP contribution in [0.15, 0.2) is 30.5 Å². The van der Waals surface area contributed by atoms with E-state index in [1.165, 1.54) is 6.07 Å². The van der Waals surface area contributed by atoms with Crippen LogP contribution in [0.3, 0.4) is 0 Å². The zero-order valence-electron chi connectivity index (χ0n) is 19.8. The van der Waals surface area contributed by atoms with E-state index in [4.69, 9.17) is 0 Å². The highest BCUT2D eigenvalue weighted by Crippen LogP contribution is 2.35. The first-order valence-electron chi connectivity index (χ1n) is 10.7. The van der Waals surface area contributed by atoms with Crippen molar-refractivity contribution in [2.24, 2.45) is 5.41 Å². The summed E-state index contributed by atoms with van der Waals surface area (Å²) in [6, 6.07) is 6.66.